The van der Waals surface area contributed by atoms with Crippen LogP contribution in [-0.2, 0) is 0 Å². The highest BCUT2D eigenvalue weighted by atomic mass is 79.9. The molecule has 4 rings (SSSR count). The molecule has 3 aliphatic rings. The van der Waals surface area contributed by atoms with Gasteiger partial charge in [-0.3, -0.25) is 14.8 Å². The van der Waals surface area contributed by atoms with Crippen LogP contribution >= 0.6 is 15.9 Å². The van der Waals surface area contributed by atoms with E-state index in [1.54, 1.807) is 9.80 Å². The second kappa shape index (κ2) is 5.56. The van der Waals surface area contributed by atoms with E-state index in [4.69, 9.17) is 0 Å². The topological polar surface area (TPSA) is 60.0 Å². The summed E-state index contributed by atoms with van der Waals surface area (Å²) in [5.74, 6) is 1.61. The van der Waals surface area contributed by atoms with Gasteiger partial charge in [0.05, 0.1) is 0 Å². The van der Waals surface area contributed by atoms with Crippen LogP contribution in [0.25, 0.3) is 0 Å². The average molecular weight is 376 g/mol. The van der Waals surface area contributed by atoms with Crippen molar-refractivity contribution in [3.8, 4) is 0 Å². The molecule has 0 spiro atoms. The van der Waals surface area contributed by atoms with E-state index >= 15 is 0 Å². The fraction of sp³-hybridized carbons (Fsp3) is 0.375. The molecule has 3 heterocycles. The quantitative estimate of drug-likeness (QED) is 0.833. The van der Waals surface area contributed by atoms with Crippen LogP contribution in [0.4, 0.5) is 4.79 Å². The maximum Gasteiger partial charge on any atom is 0.331 e. The van der Waals surface area contributed by atoms with Gasteiger partial charge in [-0.25, -0.2) is 4.79 Å². The van der Waals surface area contributed by atoms with Crippen LogP contribution in [0.5, 0.6) is 0 Å². The molecule has 0 saturated carbocycles. The van der Waals surface area contributed by atoms with Gasteiger partial charge in [-0.15, -0.1) is 0 Å². The Labute approximate surface area is 143 Å². The van der Waals surface area contributed by atoms with E-state index in [1.807, 2.05) is 19.1 Å². The molecule has 1 unspecified atom stereocenters. The van der Waals surface area contributed by atoms with Gasteiger partial charge in [-0.2, -0.15) is 0 Å². The Morgan fingerprint density at radius 3 is 2.83 bits per heavy atom. The predicted molar refractivity (Wildman–Crippen MR) is 91.6 cm³/mol. The van der Waals surface area contributed by atoms with Gasteiger partial charge in [-0.05, 0) is 31.0 Å². The third kappa shape index (κ3) is 2.30. The van der Waals surface area contributed by atoms with Crippen LogP contribution in [-0.4, -0.2) is 41.3 Å². The summed E-state index contributed by atoms with van der Waals surface area (Å²) < 4.78 is 1.05. The third-order valence-corrected chi connectivity index (χ3v) is 4.87. The zero-order valence-electron chi connectivity index (χ0n) is 12.8. The van der Waals surface area contributed by atoms with Crippen LogP contribution in [0.2, 0.25) is 0 Å². The number of hydrogen-bond donors (Lipinski definition) is 2. The number of halogens is 1. The SMILES string of the molecule is CCN1C(=O)N2CCCN=C2C2=C1NC(c1ccc(Br)cc1)N2. The summed E-state index contributed by atoms with van der Waals surface area (Å²) in [6, 6.07) is 8.17. The van der Waals surface area contributed by atoms with Crippen molar-refractivity contribution in [1.82, 2.24) is 20.4 Å². The molecule has 0 aliphatic carbocycles. The van der Waals surface area contributed by atoms with Crippen LogP contribution in [0.1, 0.15) is 25.1 Å². The fourth-order valence-electron chi connectivity index (χ4n) is 3.20. The number of amidine groups is 1. The monoisotopic (exact) mass is 375 g/mol. The van der Waals surface area contributed by atoms with Crippen LogP contribution < -0.4 is 10.6 Å². The Morgan fingerprint density at radius 2 is 2.09 bits per heavy atom. The lowest BCUT2D eigenvalue weighted by molar-refractivity contribution is 0.182. The minimum Gasteiger partial charge on any atom is -0.356 e. The molecule has 6 nitrogen and oxygen atoms in total. The molecule has 0 aromatic heterocycles. The first-order valence-electron chi connectivity index (χ1n) is 7.85. The first-order chi connectivity index (χ1) is 11.2. The van der Waals surface area contributed by atoms with E-state index in [9.17, 15) is 4.79 Å². The molecule has 2 amide bonds. The van der Waals surface area contributed by atoms with Gasteiger partial charge in [0.1, 0.15) is 17.7 Å². The summed E-state index contributed by atoms with van der Waals surface area (Å²) in [6.07, 6.45) is 0.860. The minimum absolute atomic E-state index is 0.00968. The number of nitrogens with one attached hydrogen (secondary N) is 2. The van der Waals surface area contributed by atoms with Crippen molar-refractivity contribution in [2.45, 2.75) is 19.5 Å². The highest BCUT2D eigenvalue weighted by molar-refractivity contribution is 9.10. The smallest absolute Gasteiger partial charge is 0.331 e. The largest absolute Gasteiger partial charge is 0.356 e. The number of benzene rings is 1. The molecule has 120 valence electrons. The maximum atomic E-state index is 12.7. The molecule has 7 heteroatoms. The molecule has 2 N–H and O–H groups in total. The predicted octanol–water partition coefficient (Wildman–Crippen LogP) is 2.37. The second-order valence-electron chi connectivity index (χ2n) is 5.73. The molecule has 23 heavy (non-hydrogen) atoms. The maximum absolute atomic E-state index is 12.7. The first-order valence-corrected chi connectivity index (χ1v) is 8.65. The van der Waals surface area contributed by atoms with Gasteiger partial charge >= 0.3 is 6.03 Å². The van der Waals surface area contributed by atoms with Crippen molar-refractivity contribution in [3.05, 3.63) is 45.8 Å². The zero-order valence-corrected chi connectivity index (χ0v) is 14.4. The lowest BCUT2D eigenvalue weighted by atomic mass is 10.2. The number of aliphatic imine (C=N–C) groups is 1. The number of rotatable bonds is 2. The molecule has 0 fully saturated rings. The Hall–Kier alpha value is -2.02. The average Bonchev–Trinajstić information content (AvgIpc) is 3.01. The summed E-state index contributed by atoms with van der Waals surface area (Å²) in [6.45, 7) is 4.12. The molecular weight excluding hydrogens is 358 g/mol. The van der Waals surface area contributed by atoms with Gasteiger partial charge in [0.15, 0.2) is 5.84 Å². The molecule has 1 atom stereocenters. The van der Waals surface area contributed by atoms with Crippen LogP contribution in [0.15, 0.2) is 45.2 Å². The lowest BCUT2D eigenvalue weighted by Crippen LogP contribution is -2.54. The fourth-order valence-corrected chi connectivity index (χ4v) is 3.47. The Morgan fingerprint density at radius 1 is 1.30 bits per heavy atom. The number of carbonyl (C=O) groups excluding carboxylic acids is 1. The standard InChI is InChI=1S/C16H18BrN5O/c1-2-21-15-12(14-18-8-3-9-22(14)16(21)23)19-13(20-15)10-4-6-11(17)7-5-10/h4-7,13,19-20H,2-3,8-9H2,1H3. The van der Waals surface area contributed by atoms with E-state index in [1.165, 1.54) is 0 Å². The Balaban J connectivity index is 1.70. The molecule has 0 saturated heterocycles. The van der Waals surface area contributed by atoms with Crippen molar-refractivity contribution in [2.24, 2.45) is 4.99 Å². The zero-order chi connectivity index (χ0) is 16.0. The molecule has 0 radical (unpaired) electrons. The highest BCUT2D eigenvalue weighted by Crippen LogP contribution is 2.30. The minimum atomic E-state index is -0.0560. The second-order valence-corrected chi connectivity index (χ2v) is 6.65. The summed E-state index contributed by atoms with van der Waals surface area (Å²) >= 11 is 3.46. The number of carbonyl (C=O) groups is 1. The van der Waals surface area contributed by atoms with Crippen molar-refractivity contribution < 1.29 is 4.79 Å². The number of urea groups is 1. The molecule has 0 bridgehead atoms. The van der Waals surface area contributed by atoms with Gasteiger partial charge in [0, 0.05) is 24.1 Å². The van der Waals surface area contributed by atoms with Crippen molar-refractivity contribution >= 4 is 27.8 Å². The van der Waals surface area contributed by atoms with Crippen molar-refractivity contribution in [2.75, 3.05) is 19.6 Å². The van der Waals surface area contributed by atoms with E-state index in [-0.39, 0.29) is 12.2 Å². The Bertz CT molecular complexity index is 712. The number of fused-ring (bicyclic) bond motifs is 2. The van der Waals surface area contributed by atoms with E-state index < -0.39 is 0 Å². The highest BCUT2D eigenvalue weighted by Gasteiger charge is 2.42. The van der Waals surface area contributed by atoms with E-state index in [0.717, 1.165) is 46.9 Å². The summed E-state index contributed by atoms with van der Waals surface area (Å²) in [4.78, 5) is 20.8. The van der Waals surface area contributed by atoms with E-state index in [0.29, 0.717) is 6.54 Å². The molecular formula is C16H18BrN5O. The van der Waals surface area contributed by atoms with Gasteiger partial charge in [0.2, 0.25) is 0 Å². The van der Waals surface area contributed by atoms with Gasteiger partial charge in [-0.1, -0.05) is 28.1 Å². The third-order valence-electron chi connectivity index (χ3n) is 4.34. The van der Waals surface area contributed by atoms with Crippen LogP contribution in [0.3, 0.4) is 0 Å². The molecule has 3 aliphatic heterocycles. The summed E-state index contributed by atoms with van der Waals surface area (Å²) in [5, 5.41) is 6.94. The number of hydrogen-bond acceptors (Lipinski definition) is 4. The summed E-state index contributed by atoms with van der Waals surface area (Å²) in [7, 11) is 0. The van der Waals surface area contributed by atoms with Gasteiger partial charge < -0.3 is 10.6 Å². The van der Waals surface area contributed by atoms with E-state index in [2.05, 4.69) is 43.7 Å². The lowest BCUT2D eigenvalue weighted by Gasteiger charge is -2.37. The summed E-state index contributed by atoms with van der Waals surface area (Å²) in [5.41, 5.74) is 2.05. The normalized spacial score (nSPS) is 23.1. The first kappa shape index (κ1) is 14.6. The molecule has 1 aromatic rings. The molecule has 1 aromatic carbocycles. The van der Waals surface area contributed by atoms with Crippen molar-refractivity contribution in [3.63, 3.8) is 0 Å². The van der Waals surface area contributed by atoms with Crippen molar-refractivity contribution in [1.29, 1.82) is 0 Å². The Kier molecular flexibility index (Phi) is 3.52. The van der Waals surface area contributed by atoms with Gasteiger partial charge in [0.25, 0.3) is 0 Å². The number of amides is 2. The van der Waals surface area contributed by atoms with Crippen LogP contribution in [0, 0.1) is 0 Å². The number of nitrogens with zero attached hydrogens (tertiary/aromatic N) is 3.